The van der Waals surface area contributed by atoms with Gasteiger partial charge in [-0.25, -0.2) is 4.98 Å². The van der Waals surface area contributed by atoms with Gasteiger partial charge in [-0.1, -0.05) is 23.7 Å². The molecule has 0 unspecified atom stereocenters. The van der Waals surface area contributed by atoms with Gasteiger partial charge in [0.1, 0.15) is 5.82 Å². The van der Waals surface area contributed by atoms with Crippen LogP contribution in [0.25, 0.3) is 11.3 Å². The Hall–Kier alpha value is -1.81. The fourth-order valence-corrected chi connectivity index (χ4v) is 2.67. The summed E-state index contributed by atoms with van der Waals surface area (Å²) in [5.41, 5.74) is 9.85. The Morgan fingerprint density at radius 1 is 1.37 bits per heavy atom. The summed E-state index contributed by atoms with van der Waals surface area (Å²) in [4.78, 5) is 8.68. The molecule has 2 aromatic rings. The van der Waals surface area contributed by atoms with Gasteiger partial charge in [-0.3, -0.25) is 0 Å². The molecule has 1 aromatic heterocycles. The maximum atomic E-state index is 6.19. The van der Waals surface area contributed by atoms with Crippen molar-refractivity contribution in [3.05, 3.63) is 34.3 Å². The van der Waals surface area contributed by atoms with Crippen molar-refractivity contribution in [1.29, 1.82) is 0 Å². The number of hydrogen-bond donors (Lipinski definition) is 2. The lowest BCUT2D eigenvalue weighted by molar-refractivity contribution is 0.838. The molecule has 0 amide bonds. The molecule has 1 atom stereocenters. The van der Waals surface area contributed by atoms with Crippen LogP contribution in [0.3, 0.4) is 0 Å². The standard InChI is InChI=1S/C14H15ClN4/c1-7-6-10-12(18-14(16)19-13(10)17-7)9-4-3-5-11(15)8(9)2/h3-5,7H,6H2,1-2H3,(H3,16,17,18,19)/t7-/m0/s1. The first-order valence-electron chi connectivity index (χ1n) is 6.24. The molecule has 1 aliphatic heterocycles. The molecule has 2 heterocycles. The molecular formula is C14H15ClN4. The summed E-state index contributed by atoms with van der Waals surface area (Å²) in [6, 6.07) is 6.18. The lowest BCUT2D eigenvalue weighted by atomic mass is 10.00. The molecule has 0 saturated carbocycles. The minimum atomic E-state index is 0.287. The maximum Gasteiger partial charge on any atom is 0.222 e. The van der Waals surface area contributed by atoms with Crippen LogP contribution in [0.15, 0.2) is 18.2 Å². The van der Waals surface area contributed by atoms with Crippen molar-refractivity contribution < 1.29 is 0 Å². The van der Waals surface area contributed by atoms with Crippen molar-refractivity contribution >= 4 is 23.4 Å². The highest BCUT2D eigenvalue weighted by Crippen LogP contribution is 2.35. The Morgan fingerprint density at radius 2 is 2.16 bits per heavy atom. The first-order valence-corrected chi connectivity index (χ1v) is 6.62. The number of rotatable bonds is 1. The molecule has 4 nitrogen and oxygen atoms in total. The number of anilines is 2. The second-order valence-corrected chi connectivity index (χ2v) is 5.33. The molecule has 0 bridgehead atoms. The van der Waals surface area contributed by atoms with E-state index in [-0.39, 0.29) is 5.95 Å². The summed E-state index contributed by atoms with van der Waals surface area (Å²) >= 11 is 6.19. The van der Waals surface area contributed by atoms with Gasteiger partial charge in [0.05, 0.1) is 5.69 Å². The molecule has 1 aromatic carbocycles. The summed E-state index contributed by atoms with van der Waals surface area (Å²) < 4.78 is 0. The third kappa shape index (κ3) is 2.02. The van der Waals surface area contributed by atoms with Crippen LogP contribution >= 0.6 is 11.6 Å². The number of aromatic nitrogens is 2. The first-order chi connectivity index (χ1) is 9.06. The van der Waals surface area contributed by atoms with Crippen LogP contribution in [-0.2, 0) is 6.42 Å². The topological polar surface area (TPSA) is 63.8 Å². The summed E-state index contributed by atoms with van der Waals surface area (Å²) in [6.07, 6.45) is 0.900. The second kappa shape index (κ2) is 4.38. The highest BCUT2D eigenvalue weighted by atomic mass is 35.5. The predicted molar refractivity (Wildman–Crippen MR) is 78.4 cm³/mol. The van der Waals surface area contributed by atoms with Crippen molar-refractivity contribution in [1.82, 2.24) is 9.97 Å². The van der Waals surface area contributed by atoms with Gasteiger partial charge in [0, 0.05) is 22.2 Å². The lowest BCUT2D eigenvalue weighted by Gasteiger charge is -2.11. The van der Waals surface area contributed by atoms with Crippen LogP contribution in [0.2, 0.25) is 5.02 Å². The number of hydrogen-bond acceptors (Lipinski definition) is 4. The van der Waals surface area contributed by atoms with E-state index in [1.54, 1.807) is 0 Å². The Bertz CT molecular complexity index is 654. The van der Waals surface area contributed by atoms with Crippen molar-refractivity contribution in [3.8, 4) is 11.3 Å². The van der Waals surface area contributed by atoms with E-state index in [2.05, 4.69) is 22.2 Å². The van der Waals surface area contributed by atoms with E-state index in [1.165, 1.54) is 0 Å². The van der Waals surface area contributed by atoms with Crippen LogP contribution in [0, 0.1) is 6.92 Å². The largest absolute Gasteiger partial charge is 0.368 e. The normalized spacial score (nSPS) is 17.1. The van der Waals surface area contributed by atoms with E-state index in [0.717, 1.165) is 39.6 Å². The van der Waals surface area contributed by atoms with E-state index in [9.17, 15) is 0 Å². The van der Waals surface area contributed by atoms with Crippen LogP contribution in [0.4, 0.5) is 11.8 Å². The zero-order valence-corrected chi connectivity index (χ0v) is 11.6. The highest BCUT2D eigenvalue weighted by Gasteiger charge is 2.24. The first kappa shape index (κ1) is 12.2. The number of nitrogens with one attached hydrogen (secondary N) is 1. The molecule has 5 heteroatoms. The number of nitrogen functional groups attached to an aromatic ring is 1. The van der Waals surface area contributed by atoms with Gasteiger partial charge < -0.3 is 11.1 Å². The van der Waals surface area contributed by atoms with Gasteiger partial charge >= 0.3 is 0 Å². The maximum absolute atomic E-state index is 6.19. The minimum absolute atomic E-state index is 0.287. The second-order valence-electron chi connectivity index (χ2n) is 4.92. The SMILES string of the molecule is Cc1c(Cl)cccc1-c1nc(N)nc2c1C[C@H](C)N2. The molecule has 0 spiro atoms. The zero-order chi connectivity index (χ0) is 13.6. The molecule has 0 radical (unpaired) electrons. The average molecular weight is 275 g/mol. The van der Waals surface area contributed by atoms with Gasteiger partial charge in [0.15, 0.2) is 0 Å². The van der Waals surface area contributed by atoms with Crippen LogP contribution in [-0.4, -0.2) is 16.0 Å². The van der Waals surface area contributed by atoms with Gasteiger partial charge in [-0.2, -0.15) is 4.98 Å². The van der Waals surface area contributed by atoms with Crippen molar-refractivity contribution in [3.63, 3.8) is 0 Å². The van der Waals surface area contributed by atoms with E-state index >= 15 is 0 Å². The van der Waals surface area contributed by atoms with Crippen molar-refractivity contribution in [2.75, 3.05) is 11.1 Å². The third-order valence-electron chi connectivity index (χ3n) is 3.44. The molecule has 3 N–H and O–H groups in total. The Balaban J connectivity index is 2.24. The predicted octanol–water partition coefficient (Wildman–Crippen LogP) is 3.04. The number of fused-ring (bicyclic) bond motifs is 1. The van der Waals surface area contributed by atoms with Crippen LogP contribution in [0.5, 0.6) is 0 Å². The fourth-order valence-electron chi connectivity index (χ4n) is 2.49. The molecule has 98 valence electrons. The summed E-state index contributed by atoms with van der Waals surface area (Å²) in [6.45, 7) is 4.11. The summed E-state index contributed by atoms with van der Waals surface area (Å²) in [7, 11) is 0. The van der Waals surface area contributed by atoms with E-state index in [0.29, 0.717) is 6.04 Å². The van der Waals surface area contributed by atoms with Crippen molar-refractivity contribution in [2.24, 2.45) is 0 Å². The number of benzene rings is 1. The Kier molecular flexibility index (Phi) is 2.82. The molecule has 0 fully saturated rings. The summed E-state index contributed by atoms with van der Waals surface area (Å²) in [5, 5.41) is 4.06. The van der Waals surface area contributed by atoms with E-state index < -0.39 is 0 Å². The summed E-state index contributed by atoms with van der Waals surface area (Å²) in [5.74, 6) is 1.13. The molecule has 0 aliphatic carbocycles. The molecular weight excluding hydrogens is 260 g/mol. The molecule has 3 rings (SSSR count). The van der Waals surface area contributed by atoms with E-state index in [1.807, 2.05) is 25.1 Å². The highest BCUT2D eigenvalue weighted by molar-refractivity contribution is 6.31. The quantitative estimate of drug-likeness (QED) is 0.839. The monoisotopic (exact) mass is 274 g/mol. The van der Waals surface area contributed by atoms with Gasteiger partial charge in [0.2, 0.25) is 5.95 Å². The van der Waals surface area contributed by atoms with Crippen molar-refractivity contribution in [2.45, 2.75) is 26.3 Å². The number of nitrogens with two attached hydrogens (primary N) is 1. The smallest absolute Gasteiger partial charge is 0.222 e. The van der Waals surface area contributed by atoms with Crippen LogP contribution in [0.1, 0.15) is 18.1 Å². The number of nitrogens with zero attached hydrogens (tertiary/aromatic N) is 2. The lowest BCUT2D eigenvalue weighted by Crippen LogP contribution is -2.09. The van der Waals surface area contributed by atoms with Gasteiger partial charge in [0.25, 0.3) is 0 Å². The fraction of sp³-hybridized carbons (Fsp3) is 0.286. The minimum Gasteiger partial charge on any atom is -0.368 e. The van der Waals surface area contributed by atoms with E-state index in [4.69, 9.17) is 17.3 Å². The average Bonchev–Trinajstić information content (AvgIpc) is 2.72. The third-order valence-corrected chi connectivity index (χ3v) is 3.85. The Morgan fingerprint density at radius 3 is 2.95 bits per heavy atom. The Labute approximate surface area is 117 Å². The van der Waals surface area contributed by atoms with Gasteiger partial charge in [-0.15, -0.1) is 0 Å². The molecule has 0 saturated heterocycles. The van der Waals surface area contributed by atoms with Gasteiger partial charge in [-0.05, 0) is 31.9 Å². The molecule has 1 aliphatic rings. The molecule has 19 heavy (non-hydrogen) atoms. The van der Waals surface area contributed by atoms with Crippen LogP contribution < -0.4 is 11.1 Å². The zero-order valence-electron chi connectivity index (χ0n) is 10.9. The number of halogens is 1.